The number of hydrogen-bond acceptors (Lipinski definition) is 6. The number of rotatable bonds is 5. The van der Waals surface area contributed by atoms with Crippen LogP contribution in [0.2, 0.25) is 0 Å². The van der Waals surface area contributed by atoms with Gasteiger partial charge in [0, 0.05) is 11.3 Å². The van der Waals surface area contributed by atoms with Crippen LogP contribution in [-0.2, 0) is 5.75 Å². The van der Waals surface area contributed by atoms with Crippen molar-refractivity contribution in [3.05, 3.63) is 35.1 Å². The van der Waals surface area contributed by atoms with Crippen molar-refractivity contribution in [2.45, 2.75) is 29.8 Å². The molecule has 0 saturated heterocycles. The highest BCUT2D eigenvalue weighted by Gasteiger charge is 2.27. The molecule has 1 aliphatic rings. The minimum Gasteiger partial charge on any atom is -0.409 e. The lowest BCUT2D eigenvalue weighted by atomic mass is 10.1. The van der Waals surface area contributed by atoms with Gasteiger partial charge in [-0.3, -0.25) is 0 Å². The Labute approximate surface area is 124 Å². The monoisotopic (exact) mass is 308 g/mol. The Hall–Kier alpha value is -2.16. The quantitative estimate of drug-likeness (QED) is 0.285. The van der Waals surface area contributed by atoms with Gasteiger partial charge in [-0.05, 0) is 34.9 Å². The van der Waals surface area contributed by atoms with E-state index in [1.807, 2.05) is 0 Å². The second kappa shape index (κ2) is 5.68. The smallest absolute Gasteiger partial charge is 0.209 e. The summed E-state index contributed by atoms with van der Waals surface area (Å²) in [5.74, 6) is -0.113. The molecule has 0 bridgehead atoms. The lowest BCUT2D eigenvalue weighted by molar-refractivity contribution is 0.318. The number of benzene rings is 1. The summed E-state index contributed by atoms with van der Waals surface area (Å²) < 4.78 is 15.8. The van der Waals surface area contributed by atoms with E-state index in [9.17, 15) is 4.39 Å². The Bertz CT molecular complexity index is 684. The molecule has 9 heteroatoms. The van der Waals surface area contributed by atoms with Gasteiger partial charge >= 0.3 is 0 Å². The molecule has 110 valence electrons. The average Bonchev–Trinajstić information content (AvgIpc) is 3.24. The van der Waals surface area contributed by atoms with Crippen LogP contribution in [0.3, 0.4) is 0 Å². The SMILES string of the molecule is N/C(=N\O)c1ccc(CSc2nnnn2C2CC2)c(F)c1. The molecule has 0 unspecified atom stereocenters. The van der Waals surface area contributed by atoms with Crippen molar-refractivity contribution in [1.29, 1.82) is 0 Å². The summed E-state index contributed by atoms with van der Waals surface area (Å²) in [7, 11) is 0. The Morgan fingerprint density at radius 1 is 1.52 bits per heavy atom. The van der Waals surface area contributed by atoms with Crippen molar-refractivity contribution in [3.8, 4) is 0 Å². The average molecular weight is 308 g/mol. The first-order valence-electron chi connectivity index (χ1n) is 6.36. The zero-order valence-electron chi connectivity index (χ0n) is 11.0. The van der Waals surface area contributed by atoms with Crippen molar-refractivity contribution in [3.63, 3.8) is 0 Å². The normalized spacial score (nSPS) is 15.4. The molecule has 0 amide bonds. The molecule has 0 atom stereocenters. The fraction of sp³-hybridized carbons (Fsp3) is 0.333. The molecule has 1 heterocycles. The van der Waals surface area contributed by atoms with E-state index in [4.69, 9.17) is 10.9 Å². The minimum absolute atomic E-state index is 0.120. The van der Waals surface area contributed by atoms with Gasteiger partial charge in [0.1, 0.15) is 5.82 Å². The number of halogens is 1. The van der Waals surface area contributed by atoms with Gasteiger partial charge in [0.15, 0.2) is 5.84 Å². The third-order valence-electron chi connectivity index (χ3n) is 3.17. The van der Waals surface area contributed by atoms with Crippen LogP contribution < -0.4 is 5.73 Å². The highest BCUT2D eigenvalue weighted by atomic mass is 32.2. The summed E-state index contributed by atoms with van der Waals surface area (Å²) in [5, 5.41) is 23.7. The van der Waals surface area contributed by atoms with E-state index in [1.54, 1.807) is 16.8 Å². The summed E-state index contributed by atoms with van der Waals surface area (Å²) in [4.78, 5) is 0. The second-order valence-electron chi connectivity index (χ2n) is 4.72. The number of tetrazole rings is 1. The van der Waals surface area contributed by atoms with Crippen LogP contribution in [0.1, 0.15) is 30.0 Å². The third kappa shape index (κ3) is 2.97. The van der Waals surface area contributed by atoms with E-state index in [2.05, 4.69) is 20.7 Å². The first kappa shape index (κ1) is 13.8. The molecule has 1 aliphatic carbocycles. The summed E-state index contributed by atoms with van der Waals surface area (Å²) in [6.07, 6.45) is 2.17. The zero-order chi connectivity index (χ0) is 14.8. The van der Waals surface area contributed by atoms with Crippen LogP contribution in [0.25, 0.3) is 0 Å². The molecule has 21 heavy (non-hydrogen) atoms. The summed E-state index contributed by atoms with van der Waals surface area (Å²) >= 11 is 1.39. The van der Waals surface area contributed by atoms with Crippen LogP contribution in [-0.4, -0.2) is 31.3 Å². The van der Waals surface area contributed by atoms with Gasteiger partial charge in [0.25, 0.3) is 0 Å². The van der Waals surface area contributed by atoms with Crippen molar-refractivity contribution in [2.75, 3.05) is 0 Å². The molecular weight excluding hydrogens is 295 g/mol. The molecular formula is C12H13FN6OS. The van der Waals surface area contributed by atoms with Crippen LogP contribution >= 0.6 is 11.8 Å². The number of hydrogen-bond donors (Lipinski definition) is 2. The van der Waals surface area contributed by atoms with Crippen LogP contribution in [0, 0.1) is 5.82 Å². The first-order valence-corrected chi connectivity index (χ1v) is 7.34. The number of amidine groups is 1. The maximum Gasteiger partial charge on any atom is 0.209 e. The topological polar surface area (TPSA) is 102 Å². The highest BCUT2D eigenvalue weighted by Crippen LogP contribution is 2.37. The summed E-state index contributed by atoms with van der Waals surface area (Å²) in [6, 6.07) is 4.85. The number of nitrogens with zero attached hydrogens (tertiary/aromatic N) is 5. The molecule has 1 aromatic heterocycles. The Kier molecular flexibility index (Phi) is 3.74. The second-order valence-corrected chi connectivity index (χ2v) is 5.66. The van der Waals surface area contributed by atoms with Gasteiger partial charge in [0.05, 0.1) is 6.04 Å². The van der Waals surface area contributed by atoms with Crippen LogP contribution in [0.15, 0.2) is 28.5 Å². The number of thioether (sulfide) groups is 1. The largest absolute Gasteiger partial charge is 0.409 e. The van der Waals surface area contributed by atoms with E-state index in [1.165, 1.54) is 17.8 Å². The van der Waals surface area contributed by atoms with Crippen LogP contribution in [0.4, 0.5) is 4.39 Å². The van der Waals surface area contributed by atoms with E-state index in [0.717, 1.165) is 12.8 Å². The van der Waals surface area contributed by atoms with Gasteiger partial charge in [-0.2, -0.15) is 0 Å². The summed E-state index contributed by atoms with van der Waals surface area (Å²) in [6.45, 7) is 0. The van der Waals surface area contributed by atoms with Crippen molar-refractivity contribution in [1.82, 2.24) is 20.2 Å². The maximum absolute atomic E-state index is 14.0. The molecule has 2 aromatic rings. The van der Waals surface area contributed by atoms with E-state index in [0.29, 0.717) is 28.1 Å². The predicted octanol–water partition coefficient (Wildman–Crippen LogP) is 1.53. The van der Waals surface area contributed by atoms with Gasteiger partial charge in [0.2, 0.25) is 5.16 Å². The molecule has 3 N–H and O–H groups in total. The molecule has 1 fully saturated rings. The molecule has 1 aromatic carbocycles. The first-order chi connectivity index (χ1) is 10.2. The lowest BCUT2D eigenvalue weighted by Gasteiger charge is -2.05. The van der Waals surface area contributed by atoms with E-state index in [-0.39, 0.29) is 5.84 Å². The number of aromatic nitrogens is 4. The lowest BCUT2D eigenvalue weighted by Crippen LogP contribution is -2.13. The predicted molar refractivity (Wildman–Crippen MR) is 74.6 cm³/mol. The molecule has 7 nitrogen and oxygen atoms in total. The summed E-state index contributed by atoms with van der Waals surface area (Å²) in [5.41, 5.74) is 6.28. The molecule has 0 spiro atoms. The zero-order valence-corrected chi connectivity index (χ0v) is 11.8. The standard InChI is InChI=1S/C12H13FN6OS/c13-10-5-7(11(14)16-20)1-2-8(10)6-21-12-15-17-18-19(12)9-3-4-9/h1-2,5,9,20H,3-4,6H2,(H2,14,16). The van der Waals surface area contributed by atoms with Crippen molar-refractivity contribution in [2.24, 2.45) is 10.9 Å². The molecule has 1 saturated carbocycles. The molecule has 0 aliphatic heterocycles. The molecule has 3 rings (SSSR count). The highest BCUT2D eigenvalue weighted by molar-refractivity contribution is 7.98. The van der Waals surface area contributed by atoms with Gasteiger partial charge in [-0.1, -0.05) is 29.1 Å². The van der Waals surface area contributed by atoms with Crippen LogP contribution in [0.5, 0.6) is 0 Å². The van der Waals surface area contributed by atoms with Gasteiger partial charge < -0.3 is 10.9 Å². The molecule has 0 radical (unpaired) electrons. The van der Waals surface area contributed by atoms with Crippen molar-refractivity contribution >= 4 is 17.6 Å². The Morgan fingerprint density at radius 3 is 3.00 bits per heavy atom. The maximum atomic E-state index is 14.0. The van der Waals surface area contributed by atoms with E-state index < -0.39 is 5.82 Å². The van der Waals surface area contributed by atoms with Gasteiger partial charge in [-0.25, -0.2) is 9.07 Å². The van der Waals surface area contributed by atoms with E-state index >= 15 is 0 Å². The van der Waals surface area contributed by atoms with Gasteiger partial charge in [-0.15, -0.1) is 5.10 Å². The number of oxime groups is 1. The fourth-order valence-electron chi connectivity index (χ4n) is 1.85. The number of nitrogens with two attached hydrogens (primary N) is 1. The Morgan fingerprint density at radius 2 is 2.33 bits per heavy atom. The fourth-order valence-corrected chi connectivity index (χ4v) is 2.78. The minimum atomic E-state index is -0.406. The van der Waals surface area contributed by atoms with Crippen molar-refractivity contribution < 1.29 is 9.60 Å². The third-order valence-corrected chi connectivity index (χ3v) is 4.15. The Balaban J connectivity index is 1.71.